The third-order valence-electron chi connectivity index (χ3n) is 3.20. The molecular formula is C13H20N4OS. The van der Waals surface area contributed by atoms with E-state index in [-0.39, 0.29) is 0 Å². The number of aliphatic hydroxyl groups is 1. The molecule has 0 aliphatic carbocycles. The van der Waals surface area contributed by atoms with Crippen LogP contribution in [-0.2, 0) is 25.8 Å². The fraction of sp³-hybridized carbons (Fsp3) is 0.615. The van der Waals surface area contributed by atoms with Crippen LogP contribution in [0.3, 0.4) is 0 Å². The molecule has 2 aromatic heterocycles. The monoisotopic (exact) mass is 280 g/mol. The Bertz CT molecular complexity index is 534. The van der Waals surface area contributed by atoms with Crippen molar-refractivity contribution in [3.8, 4) is 0 Å². The van der Waals surface area contributed by atoms with Crippen LogP contribution >= 0.6 is 11.5 Å². The number of aromatic nitrogens is 4. The first-order valence-electron chi connectivity index (χ1n) is 6.74. The molecule has 0 spiro atoms. The summed E-state index contributed by atoms with van der Waals surface area (Å²) in [5.41, 5.74) is 3.04. The van der Waals surface area contributed by atoms with E-state index in [2.05, 4.69) is 34.6 Å². The van der Waals surface area contributed by atoms with Gasteiger partial charge in [-0.15, -0.1) is 5.10 Å². The fourth-order valence-corrected chi connectivity index (χ4v) is 2.85. The highest BCUT2D eigenvalue weighted by atomic mass is 32.1. The first-order chi connectivity index (χ1) is 9.19. The van der Waals surface area contributed by atoms with E-state index < -0.39 is 6.10 Å². The zero-order chi connectivity index (χ0) is 13.8. The maximum Gasteiger partial charge on any atom is 0.0972 e. The van der Waals surface area contributed by atoms with Crippen molar-refractivity contribution in [1.82, 2.24) is 19.4 Å². The zero-order valence-corrected chi connectivity index (χ0v) is 12.4. The van der Waals surface area contributed by atoms with Crippen LogP contribution in [0.5, 0.6) is 0 Å². The molecule has 2 heterocycles. The average molecular weight is 280 g/mol. The van der Waals surface area contributed by atoms with Gasteiger partial charge in [0.2, 0.25) is 0 Å². The van der Waals surface area contributed by atoms with E-state index in [4.69, 9.17) is 0 Å². The van der Waals surface area contributed by atoms with Crippen molar-refractivity contribution >= 4 is 11.5 Å². The number of aliphatic hydroxyl groups excluding tert-OH is 1. The van der Waals surface area contributed by atoms with E-state index in [0.717, 1.165) is 41.3 Å². The van der Waals surface area contributed by atoms with E-state index in [1.54, 1.807) is 0 Å². The summed E-state index contributed by atoms with van der Waals surface area (Å²) in [4.78, 5) is 0.879. The summed E-state index contributed by atoms with van der Waals surface area (Å²) in [5, 5.41) is 18.9. The number of hydrogen-bond donors (Lipinski definition) is 1. The Morgan fingerprint density at radius 1 is 1.32 bits per heavy atom. The smallest absolute Gasteiger partial charge is 0.0972 e. The van der Waals surface area contributed by atoms with E-state index in [9.17, 15) is 5.11 Å². The predicted octanol–water partition coefficient (Wildman–Crippen LogP) is 2.16. The minimum Gasteiger partial charge on any atom is -0.387 e. The van der Waals surface area contributed by atoms with Crippen LogP contribution in [0, 0.1) is 0 Å². The molecule has 1 N–H and O–H groups in total. The molecule has 0 saturated carbocycles. The molecule has 0 saturated heterocycles. The Morgan fingerprint density at radius 2 is 2.11 bits per heavy atom. The van der Waals surface area contributed by atoms with Crippen molar-refractivity contribution < 1.29 is 5.11 Å². The molecule has 0 aliphatic heterocycles. The van der Waals surface area contributed by atoms with Gasteiger partial charge in [-0.05, 0) is 37.4 Å². The standard InChI is InChI=1S/C13H20N4OS/c1-4-9-7-10(17(6-3)15-9)8-12(18)13-11(5-2)14-16-19-13/h7,12,18H,4-6,8H2,1-3H3. The molecule has 0 fully saturated rings. The molecular weight excluding hydrogens is 260 g/mol. The van der Waals surface area contributed by atoms with E-state index in [1.807, 2.05) is 11.6 Å². The SMILES string of the molecule is CCc1cc(CC(O)c2snnc2CC)n(CC)n1. The molecule has 0 amide bonds. The molecule has 0 radical (unpaired) electrons. The van der Waals surface area contributed by atoms with Gasteiger partial charge in [0.15, 0.2) is 0 Å². The third-order valence-corrected chi connectivity index (χ3v) is 4.07. The van der Waals surface area contributed by atoms with Gasteiger partial charge < -0.3 is 5.11 Å². The lowest BCUT2D eigenvalue weighted by molar-refractivity contribution is 0.178. The maximum atomic E-state index is 10.4. The summed E-state index contributed by atoms with van der Waals surface area (Å²) in [6.45, 7) is 7.00. The van der Waals surface area contributed by atoms with Gasteiger partial charge in [0.05, 0.1) is 22.4 Å². The summed E-state index contributed by atoms with van der Waals surface area (Å²) in [5.74, 6) is 0. The molecule has 0 aromatic carbocycles. The number of aryl methyl sites for hydroxylation is 3. The lowest BCUT2D eigenvalue weighted by Gasteiger charge is -2.10. The van der Waals surface area contributed by atoms with Crippen LogP contribution < -0.4 is 0 Å². The summed E-state index contributed by atoms with van der Waals surface area (Å²) in [6, 6.07) is 2.08. The molecule has 104 valence electrons. The van der Waals surface area contributed by atoms with Gasteiger partial charge in [0.25, 0.3) is 0 Å². The Labute approximate surface area is 117 Å². The van der Waals surface area contributed by atoms with E-state index in [1.165, 1.54) is 11.5 Å². The van der Waals surface area contributed by atoms with Crippen LogP contribution in [0.2, 0.25) is 0 Å². The van der Waals surface area contributed by atoms with Gasteiger partial charge in [-0.3, -0.25) is 4.68 Å². The van der Waals surface area contributed by atoms with Crippen molar-refractivity contribution in [3.05, 3.63) is 28.0 Å². The molecule has 2 rings (SSSR count). The second kappa shape index (κ2) is 6.25. The molecule has 19 heavy (non-hydrogen) atoms. The molecule has 6 heteroatoms. The highest BCUT2D eigenvalue weighted by molar-refractivity contribution is 7.05. The zero-order valence-electron chi connectivity index (χ0n) is 11.6. The summed E-state index contributed by atoms with van der Waals surface area (Å²) in [7, 11) is 0. The number of rotatable bonds is 6. The Balaban J connectivity index is 2.18. The lowest BCUT2D eigenvalue weighted by Crippen LogP contribution is -2.08. The Morgan fingerprint density at radius 3 is 2.74 bits per heavy atom. The van der Waals surface area contributed by atoms with E-state index in [0.29, 0.717) is 6.42 Å². The topological polar surface area (TPSA) is 63.8 Å². The summed E-state index contributed by atoms with van der Waals surface area (Å²) in [6.07, 6.45) is 1.74. The third kappa shape index (κ3) is 3.01. The highest BCUT2D eigenvalue weighted by Gasteiger charge is 2.18. The number of nitrogens with zero attached hydrogens (tertiary/aromatic N) is 4. The normalized spacial score (nSPS) is 12.8. The molecule has 2 aromatic rings. The van der Waals surface area contributed by atoms with Crippen LogP contribution in [0.1, 0.15) is 48.8 Å². The highest BCUT2D eigenvalue weighted by Crippen LogP contribution is 2.24. The maximum absolute atomic E-state index is 10.4. The van der Waals surface area contributed by atoms with Crippen molar-refractivity contribution in [2.75, 3.05) is 0 Å². The van der Waals surface area contributed by atoms with E-state index >= 15 is 0 Å². The van der Waals surface area contributed by atoms with Crippen molar-refractivity contribution in [2.45, 2.75) is 52.7 Å². The molecule has 1 atom stereocenters. The van der Waals surface area contributed by atoms with Crippen LogP contribution in [0.4, 0.5) is 0 Å². The van der Waals surface area contributed by atoms with Gasteiger partial charge in [0.1, 0.15) is 0 Å². The van der Waals surface area contributed by atoms with Gasteiger partial charge >= 0.3 is 0 Å². The quantitative estimate of drug-likeness (QED) is 0.880. The van der Waals surface area contributed by atoms with Gasteiger partial charge in [0, 0.05) is 18.7 Å². The second-order valence-corrected chi connectivity index (χ2v) is 5.24. The molecule has 0 aliphatic rings. The van der Waals surface area contributed by atoms with Crippen LogP contribution in [0.25, 0.3) is 0 Å². The van der Waals surface area contributed by atoms with Gasteiger partial charge in [-0.1, -0.05) is 18.3 Å². The fourth-order valence-electron chi connectivity index (χ4n) is 2.13. The molecule has 1 unspecified atom stereocenters. The number of hydrogen-bond acceptors (Lipinski definition) is 5. The Hall–Kier alpha value is -1.27. The largest absolute Gasteiger partial charge is 0.387 e. The summed E-state index contributed by atoms with van der Waals surface area (Å²) < 4.78 is 5.89. The minimum absolute atomic E-state index is 0.540. The van der Waals surface area contributed by atoms with Crippen molar-refractivity contribution in [3.63, 3.8) is 0 Å². The molecule has 0 bridgehead atoms. The first-order valence-corrected chi connectivity index (χ1v) is 7.51. The van der Waals surface area contributed by atoms with Crippen molar-refractivity contribution in [1.29, 1.82) is 0 Å². The van der Waals surface area contributed by atoms with Gasteiger partial charge in [-0.25, -0.2) is 0 Å². The van der Waals surface area contributed by atoms with Gasteiger partial charge in [-0.2, -0.15) is 5.10 Å². The van der Waals surface area contributed by atoms with Crippen LogP contribution in [0.15, 0.2) is 6.07 Å². The minimum atomic E-state index is -0.540. The summed E-state index contributed by atoms with van der Waals surface area (Å²) >= 11 is 1.29. The Kier molecular flexibility index (Phi) is 4.66. The lowest BCUT2D eigenvalue weighted by atomic mass is 10.1. The molecule has 5 nitrogen and oxygen atoms in total. The first kappa shape index (κ1) is 14.1. The van der Waals surface area contributed by atoms with Crippen molar-refractivity contribution in [2.24, 2.45) is 0 Å². The van der Waals surface area contributed by atoms with Crippen LogP contribution in [-0.4, -0.2) is 24.5 Å². The predicted molar refractivity (Wildman–Crippen MR) is 75.2 cm³/mol. The second-order valence-electron chi connectivity index (χ2n) is 4.45. The average Bonchev–Trinajstić information content (AvgIpc) is 3.04.